The van der Waals surface area contributed by atoms with Gasteiger partial charge in [0.1, 0.15) is 17.8 Å². The fourth-order valence-electron chi connectivity index (χ4n) is 7.47. The van der Waals surface area contributed by atoms with Crippen molar-refractivity contribution in [3.05, 3.63) is 143 Å². The third kappa shape index (κ3) is 6.95. The van der Waals surface area contributed by atoms with Gasteiger partial charge in [-0.2, -0.15) is 26.3 Å². The second-order valence-electron chi connectivity index (χ2n) is 13.4. The highest BCUT2D eigenvalue weighted by atomic mass is 19.4. The van der Waals surface area contributed by atoms with E-state index in [1.54, 1.807) is 54.6 Å². The number of unbranched alkanes of at least 4 members (excludes halogenated alkanes) is 1. The van der Waals surface area contributed by atoms with E-state index < -0.39 is 41.7 Å². The van der Waals surface area contributed by atoms with Crippen LogP contribution in [0.1, 0.15) is 52.1 Å². The molecule has 0 fully saturated rings. The van der Waals surface area contributed by atoms with E-state index in [2.05, 4.69) is 10.6 Å². The van der Waals surface area contributed by atoms with Crippen molar-refractivity contribution in [2.24, 2.45) is 7.05 Å². The fraction of sp³-hybridized carbons (Fsp3) is 0.214. The van der Waals surface area contributed by atoms with Gasteiger partial charge in [0.25, 0.3) is 5.91 Å². The molecule has 0 aliphatic heterocycles. The first-order valence-corrected chi connectivity index (χ1v) is 17.3. The van der Waals surface area contributed by atoms with Crippen molar-refractivity contribution in [2.45, 2.75) is 43.5 Å². The molecule has 1 aliphatic carbocycles. The van der Waals surface area contributed by atoms with Gasteiger partial charge in [-0.25, -0.2) is 4.98 Å². The van der Waals surface area contributed by atoms with Gasteiger partial charge in [0.2, 0.25) is 5.91 Å². The molecule has 0 bridgehead atoms. The number of halogens is 6. The summed E-state index contributed by atoms with van der Waals surface area (Å²) in [5.41, 5.74) is 4.14. The number of imidazole rings is 1. The molecule has 276 valence electrons. The number of anilines is 1. The SMILES string of the molecule is Cn1c(CCCCC2(C(=O)NCC(F)(F)F)c3ccccc3-c3ccccc32)nc2ccc(NC(=O)c3ccccc3-c3ccc(C(F)(F)F)cc3)cc21. The summed E-state index contributed by atoms with van der Waals surface area (Å²) in [4.78, 5) is 32.1. The minimum Gasteiger partial charge on any atom is -0.346 e. The Morgan fingerprint density at radius 2 is 1.35 bits per heavy atom. The molecule has 0 unspecified atom stereocenters. The van der Waals surface area contributed by atoms with E-state index in [1.807, 2.05) is 48.0 Å². The molecule has 1 heterocycles. The highest BCUT2D eigenvalue weighted by Crippen LogP contribution is 2.51. The van der Waals surface area contributed by atoms with E-state index in [-0.39, 0.29) is 0 Å². The maximum Gasteiger partial charge on any atom is 0.416 e. The predicted octanol–water partition coefficient (Wildman–Crippen LogP) is 9.87. The molecule has 0 saturated heterocycles. The summed E-state index contributed by atoms with van der Waals surface area (Å²) < 4.78 is 81.0. The number of fused-ring (bicyclic) bond motifs is 4. The largest absolute Gasteiger partial charge is 0.416 e. The maximum atomic E-state index is 13.8. The van der Waals surface area contributed by atoms with Gasteiger partial charge >= 0.3 is 12.4 Å². The first-order chi connectivity index (χ1) is 25.8. The Morgan fingerprint density at radius 3 is 1.98 bits per heavy atom. The van der Waals surface area contributed by atoms with Crippen molar-refractivity contribution in [2.75, 3.05) is 11.9 Å². The molecular formula is C42H34F6N4O2. The monoisotopic (exact) mass is 740 g/mol. The van der Waals surface area contributed by atoms with Crippen LogP contribution in [0.4, 0.5) is 32.0 Å². The summed E-state index contributed by atoms with van der Waals surface area (Å²) >= 11 is 0. The lowest BCUT2D eigenvalue weighted by molar-refractivity contribution is -0.141. The molecule has 12 heteroatoms. The van der Waals surface area contributed by atoms with Crippen LogP contribution in [0.2, 0.25) is 0 Å². The van der Waals surface area contributed by atoms with Crippen LogP contribution in [0.3, 0.4) is 0 Å². The van der Waals surface area contributed by atoms with Crippen LogP contribution in [-0.4, -0.2) is 34.1 Å². The highest BCUT2D eigenvalue weighted by molar-refractivity contribution is 6.09. The third-order valence-electron chi connectivity index (χ3n) is 10.0. The average molecular weight is 741 g/mol. The maximum absolute atomic E-state index is 13.8. The van der Waals surface area contributed by atoms with E-state index in [0.717, 1.165) is 34.6 Å². The Balaban J connectivity index is 1.07. The lowest BCUT2D eigenvalue weighted by atomic mass is 9.73. The van der Waals surface area contributed by atoms with Gasteiger partial charge in [0, 0.05) is 24.7 Å². The number of alkyl halides is 6. The number of carbonyl (C=O) groups excluding carboxylic acids is 2. The van der Waals surface area contributed by atoms with E-state index in [9.17, 15) is 35.9 Å². The zero-order valence-electron chi connectivity index (χ0n) is 29.0. The van der Waals surface area contributed by atoms with Crippen LogP contribution in [0.15, 0.2) is 115 Å². The smallest absolute Gasteiger partial charge is 0.346 e. The summed E-state index contributed by atoms with van der Waals surface area (Å²) in [5.74, 6) is -0.365. The fourth-order valence-corrected chi connectivity index (χ4v) is 7.47. The molecule has 1 aromatic heterocycles. The number of amides is 2. The molecule has 0 saturated carbocycles. The summed E-state index contributed by atoms with van der Waals surface area (Å²) in [6, 6.07) is 31.3. The standard InChI is InChI=1S/C42H34F6N4O2/c1-52-36-24-28(50-38(53)32-13-3-2-10-29(32)26-17-19-27(20-18-26)42(46,47)48)21-22-35(36)51-37(52)16-8-9-23-40(39(54)49-25-41(43,44)45)33-14-6-4-11-30(33)31-12-5-7-15-34(31)40/h2-7,10-15,17-22,24H,8-9,16,23,25H2,1H3,(H,49,54)(H,50,53). The molecule has 7 rings (SSSR count). The molecule has 2 amide bonds. The van der Waals surface area contributed by atoms with Crippen LogP contribution in [0, 0.1) is 0 Å². The van der Waals surface area contributed by atoms with Crippen molar-refractivity contribution in [3.63, 3.8) is 0 Å². The summed E-state index contributed by atoms with van der Waals surface area (Å²) in [6.45, 7) is -1.42. The van der Waals surface area contributed by atoms with Gasteiger partial charge in [-0.1, -0.05) is 85.3 Å². The quantitative estimate of drug-likeness (QED) is 0.109. The minimum atomic E-state index is -4.56. The molecule has 0 atom stereocenters. The van der Waals surface area contributed by atoms with Gasteiger partial charge in [-0.15, -0.1) is 0 Å². The summed E-state index contributed by atoms with van der Waals surface area (Å²) in [6.07, 6.45) is -7.10. The van der Waals surface area contributed by atoms with E-state index in [1.165, 1.54) is 12.1 Å². The van der Waals surface area contributed by atoms with Crippen molar-refractivity contribution in [1.82, 2.24) is 14.9 Å². The number of hydrogen-bond donors (Lipinski definition) is 2. The zero-order valence-corrected chi connectivity index (χ0v) is 29.0. The molecule has 5 aromatic carbocycles. The van der Waals surface area contributed by atoms with Gasteiger partial charge < -0.3 is 15.2 Å². The van der Waals surface area contributed by atoms with Crippen LogP contribution in [0.5, 0.6) is 0 Å². The van der Waals surface area contributed by atoms with Gasteiger partial charge in [0.05, 0.1) is 16.6 Å². The number of carbonyl (C=O) groups is 2. The number of nitrogens with zero attached hydrogens (tertiary/aromatic N) is 2. The minimum absolute atomic E-state index is 0.290. The van der Waals surface area contributed by atoms with Gasteiger partial charge in [-0.05, 0) is 82.6 Å². The Kier molecular flexibility index (Phi) is 9.55. The lowest BCUT2D eigenvalue weighted by Gasteiger charge is -2.31. The molecule has 0 spiro atoms. The molecule has 6 nitrogen and oxygen atoms in total. The van der Waals surface area contributed by atoms with Crippen LogP contribution in [0.25, 0.3) is 33.3 Å². The molecule has 54 heavy (non-hydrogen) atoms. The number of aromatic nitrogens is 2. The molecule has 6 aromatic rings. The molecule has 1 aliphatic rings. The zero-order chi connectivity index (χ0) is 38.3. The van der Waals surface area contributed by atoms with Gasteiger partial charge in [-0.3, -0.25) is 9.59 Å². The second kappa shape index (κ2) is 14.1. The number of rotatable bonds is 10. The van der Waals surface area contributed by atoms with Crippen LogP contribution in [-0.2, 0) is 29.9 Å². The molecule has 0 radical (unpaired) electrons. The first kappa shape index (κ1) is 36.4. The Bertz CT molecular complexity index is 2320. The molecule has 2 N–H and O–H groups in total. The van der Waals surface area contributed by atoms with Gasteiger partial charge in [0.15, 0.2) is 0 Å². The lowest BCUT2D eigenvalue weighted by Crippen LogP contribution is -2.47. The van der Waals surface area contributed by atoms with E-state index in [4.69, 9.17) is 4.98 Å². The van der Waals surface area contributed by atoms with Crippen LogP contribution >= 0.6 is 0 Å². The second-order valence-corrected chi connectivity index (χ2v) is 13.4. The average Bonchev–Trinajstić information content (AvgIpc) is 3.63. The Labute approximate surface area is 306 Å². The van der Waals surface area contributed by atoms with Crippen molar-refractivity contribution in [1.29, 1.82) is 0 Å². The summed E-state index contributed by atoms with van der Waals surface area (Å²) in [5, 5.41) is 5.07. The van der Waals surface area contributed by atoms with E-state index >= 15 is 0 Å². The number of aryl methyl sites for hydroxylation is 2. The number of hydrogen-bond acceptors (Lipinski definition) is 3. The van der Waals surface area contributed by atoms with Crippen molar-refractivity contribution < 1.29 is 35.9 Å². The predicted molar refractivity (Wildman–Crippen MR) is 195 cm³/mol. The summed E-state index contributed by atoms with van der Waals surface area (Å²) in [7, 11) is 1.85. The first-order valence-electron chi connectivity index (χ1n) is 17.3. The molecular weight excluding hydrogens is 706 g/mol. The normalized spacial score (nSPS) is 13.4. The topological polar surface area (TPSA) is 76.0 Å². The van der Waals surface area contributed by atoms with Crippen molar-refractivity contribution in [3.8, 4) is 22.3 Å². The third-order valence-corrected chi connectivity index (χ3v) is 10.0. The van der Waals surface area contributed by atoms with Crippen molar-refractivity contribution >= 4 is 28.5 Å². The highest BCUT2D eigenvalue weighted by Gasteiger charge is 2.49. The van der Waals surface area contributed by atoms with Crippen LogP contribution < -0.4 is 10.6 Å². The Hall–Kier alpha value is -5.91. The number of benzene rings is 5. The number of nitrogens with one attached hydrogen (secondary N) is 2. The van der Waals surface area contributed by atoms with E-state index in [0.29, 0.717) is 64.7 Å². The Morgan fingerprint density at radius 1 is 0.741 bits per heavy atom.